The van der Waals surface area contributed by atoms with Crippen LogP contribution < -0.4 is 16.0 Å². The quantitative estimate of drug-likeness (QED) is 0.536. The second-order valence-corrected chi connectivity index (χ2v) is 6.79. The second-order valence-electron chi connectivity index (χ2n) is 6.79. The van der Waals surface area contributed by atoms with E-state index in [0.717, 1.165) is 11.1 Å². The van der Waals surface area contributed by atoms with Crippen molar-refractivity contribution in [3.05, 3.63) is 89.9 Å². The van der Waals surface area contributed by atoms with Gasteiger partial charge in [0.2, 0.25) is 11.8 Å². The molecule has 0 bridgehead atoms. The highest BCUT2D eigenvalue weighted by molar-refractivity contribution is 5.95. The summed E-state index contributed by atoms with van der Waals surface area (Å²) in [5.74, 6) is -0.795. The summed E-state index contributed by atoms with van der Waals surface area (Å²) in [6.45, 7) is 1.69. The number of nitrogens with one attached hydrogen (secondary N) is 3. The van der Waals surface area contributed by atoms with Crippen molar-refractivity contribution in [2.24, 2.45) is 0 Å². The van der Waals surface area contributed by atoms with Gasteiger partial charge in [-0.25, -0.2) is 0 Å². The number of rotatable bonds is 8. The van der Waals surface area contributed by atoms with Gasteiger partial charge < -0.3 is 20.4 Å². The van der Waals surface area contributed by atoms with Crippen molar-refractivity contribution in [3.63, 3.8) is 0 Å². The molecule has 0 saturated heterocycles. The minimum absolute atomic E-state index is 0.142. The van der Waals surface area contributed by atoms with Crippen LogP contribution in [0.5, 0.6) is 0 Å². The molecule has 3 rings (SSSR count). The van der Waals surface area contributed by atoms with Crippen LogP contribution in [0.15, 0.2) is 77.4 Å². The predicted molar refractivity (Wildman–Crippen MR) is 113 cm³/mol. The number of hydrogen-bond acceptors (Lipinski definition) is 4. The molecule has 2 aromatic carbocycles. The monoisotopic (exact) mass is 405 g/mol. The maximum absolute atomic E-state index is 12.9. The summed E-state index contributed by atoms with van der Waals surface area (Å²) in [6.07, 6.45) is 1.74. The summed E-state index contributed by atoms with van der Waals surface area (Å²) in [6, 6.07) is 19.0. The molecule has 3 amide bonds. The molecule has 154 valence electrons. The molecule has 1 aromatic heterocycles. The lowest BCUT2D eigenvalue weighted by Gasteiger charge is -2.18. The van der Waals surface area contributed by atoms with Crippen molar-refractivity contribution in [2.75, 3.05) is 5.32 Å². The van der Waals surface area contributed by atoms with Crippen molar-refractivity contribution in [2.45, 2.75) is 25.9 Å². The first-order chi connectivity index (χ1) is 14.5. The summed E-state index contributed by atoms with van der Waals surface area (Å²) < 4.78 is 5.12. The molecule has 30 heavy (non-hydrogen) atoms. The zero-order valence-electron chi connectivity index (χ0n) is 16.6. The number of furan rings is 1. The van der Waals surface area contributed by atoms with Gasteiger partial charge in [0.15, 0.2) is 5.76 Å². The molecule has 3 aromatic rings. The van der Waals surface area contributed by atoms with Crippen LogP contribution in [-0.4, -0.2) is 23.8 Å². The number of anilines is 1. The van der Waals surface area contributed by atoms with Gasteiger partial charge in [0.1, 0.15) is 6.04 Å². The Morgan fingerprint density at radius 2 is 1.70 bits per heavy atom. The van der Waals surface area contributed by atoms with Gasteiger partial charge in [-0.05, 0) is 35.4 Å². The Bertz CT molecular complexity index is 1000. The molecule has 0 fully saturated rings. The molecule has 1 unspecified atom stereocenters. The van der Waals surface area contributed by atoms with E-state index in [-0.39, 0.29) is 24.1 Å². The predicted octanol–water partition coefficient (Wildman–Crippen LogP) is 2.90. The normalized spacial score (nSPS) is 11.4. The molecule has 0 spiro atoms. The summed E-state index contributed by atoms with van der Waals surface area (Å²) in [5.41, 5.74) is 2.40. The smallest absolute Gasteiger partial charge is 0.287 e. The molecule has 0 saturated carbocycles. The van der Waals surface area contributed by atoms with Crippen LogP contribution in [0.1, 0.15) is 28.6 Å². The van der Waals surface area contributed by atoms with Gasteiger partial charge in [0.25, 0.3) is 5.91 Å². The Morgan fingerprint density at radius 3 is 2.40 bits per heavy atom. The molecular formula is C23H23N3O4. The van der Waals surface area contributed by atoms with Gasteiger partial charge in [-0.2, -0.15) is 0 Å². The third-order valence-corrected chi connectivity index (χ3v) is 4.36. The Morgan fingerprint density at radius 1 is 0.933 bits per heavy atom. The van der Waals surface area contributed by atoms with Crippen LogP contribution in [-0.2, 0) is 22.6 Å². The summed E-state index contributed by atoms with van der Waals surface area (Å²) in [7, 11) is 0. The highest BCUT2D eigenvalue weighted by Crippen LogP contribution is 2.11. The van der Waals surface area contributed by atoms with Crippen LogP contribution in [0.2, 0.25) is 0 Å². The standard InChI is InChI=1S/C23H23N3O4/c1-16(27)25-19-10-5-9-18(13-19)15-24-22(28)20(14-17-7-3-2-4-8-17)26-23(29)21-11-6-12-30-21/h2-13,20H,14-15H2,1H3,(H,24,28)(H,25,27)(H,26,29). The van der Waals surface area contributed by atoms with Crippen LogP contribution in [0.4, 0.5) is 5.69 Å². The van der Waals surface area contributed by atoms with E-state index in [1.54, 1.807) is 30.3 Å². The number of carbonyl (C=O) groups is 3. The lowest BCUT2D eigenvalue weighted by molar-refractivity contribution is -0.123. The first-order valence-electron chi connectivity index (χ1n) is 9.54. The number of hydrogen-bond donors (Lipinski definition) is 3. The third-order valence-electron chi connectivity index (χ3n) is 4.36. The molecule has 0 aliphatic rings. The zero-order valence-corrected chi connectivity index (χ0v) is 16.6. The van der Waals surface area contributed by atoms with E-state index in [1.165, 1.54) is 13.2 Å². The van der Waals surface area contributed by atoms with Crippen LogP contribution in [0, 0.1) is 0 Å². The first-order valence-corrected chi connectivity index (χ1v) is 9.54. The fourth-order valence-electron chi connectivity index (χ4n) is 2.97. The van der Waals surface area contributed by atoms with Crippen molar-refractivity contribution in [1.82, 2.24) is 10.6 Å². The summed E-state index contributed by atoms with van der Waals surface area (Å²) in [4.78, 5) is 36.5. The minimum Gasteiger partial charge on any atom is -0.459 e. The largest absolute Gasteiger partial charge is 0.459 e. The number of amides is 3. The van der Waals surface area contributed by atoms with E-state index >= 15 is 0 Å². The van der Waals surface area contributed by atoms with Gasteiger partial charge in [-0.1, -0.05) is 42.5 Å². The molecule has 0 aliphatic heterocycles. The van der Waals surface area contributed by atoms with Crippen LogP contribution in [0.3, 0.4) is 0 Å². The molecule has 3 N–H and O–H groups in total. The molecule has 7 heteroatoms. The van der Waals surface area contributed by atoms with Crippen LogP contribution >= 0.6 is 0 Å². The minimum atomic E-state index is -0.775. The third kappa shape index (κ3) is 6.07. The van der Waals surface area contributed by atoms with Gasteiger partial charge in [0, 0.05) is 25.6 Å². The first kappa shape index (κ1) is 20.9. The molecule has 1 heterocycles. The average Bonchev–Trinajstić information content (AvgIpc) is 3.27. The van der Waals surface area contributed by atoms with Gasteiger partial charge in [0.05, 0.1) is 6.26 Å². The molecule has 7 nitrogen and oxygen atoms in total. The van der Waals surface area contributed by atoms with E-state index in [9.17, 15) is 14.4 Å². The fraction of sp³-hybridized carbons (Fsp3) is 0.174. The lowest BCUT2D eigenvalue weighted by atomic mass is 10.0. The maximum atomic E-state index is 12.9. The number of benzene rings is 2. The lowest BCUT2D eigenvalue weighted by Crippen LogP contribution is -2.47. The molecular weight excluding hydrogens is 382 g/mol. The van der Waals surface area contributed by atoms with E-state index in [1.807, 2.05) is 36.4 Å². The number of carbonyl (C=O) groups excluding carboxylic acids is 3. The molecule has 0 aliphatic carbocycles. The molecule has 1 atom stereocenters. The van der Waals surface area contributed by atoms with Crippen molar-refractivity contribution < 1.29 is 18.8 Å². The highest BCUT2D eigenvalue weighted by Gasteiger charge is 2.23. The summed E-state index contributed by atoms with van der Waals surface area (Å²) >= 11 is 0. The Kier molecular flexibility index (Phi) is 7.00. The highest BCUT2D eigenvalue weighted by atomic mass is 16.3. The van der Waals surface area contributed by atoms with Crippen LogP contribution in [0.25, 0.3) is 0 Å². The maximum Gasteiger partial charge on any atom is 0.287 e. The fourth-order valence-corrected chi connectivity index (χ4v) is 2.97. The summed E-state index contributed by atoms with van der Waals surface area (Å²) in [5, 5.41) is 8.30. The van der Waals surface area contributed by atoms with Crippen molar-refractivity contribution in [1.29, 1.82) is 0 Å². The second kappa shape index (κ2) is 10.1. The Hall–Kier alpha value is -3.87. The zero-order chi connectivity index (χ0) is 21.3. The van der Waals surface area contributed by atoms with Crippen molar-refractivity contribution >= 4 is 23.4 Å². The molecule has 0 radical (unpaired) electrons. The van der Waals surface area contributed by atoms with E-state index in [0.29, 0.717) is 12.1 Å². The van der Waals surface area contributed by atoms with E-state index < -0.39 is 11.9 Å². The van der Waals surface area contributed by atoms with E-state index in [4.69, 9.17) is 4.42 Å². The Labute approximate surface area is 174 Å². The SMILES string of the molecule is CC(=O)Nc1cccc(CNC(=O)C(Cc2ccccc2)NC(=O)c2ccco2)c1. The van der Waals surface area contributed by atoms with Gasteiger partial charge in [-0.3, -0.25) is 14.4 Å². The average molecular weight is 405 g/mol. The van der Waals surface area contributed by atoms with E-state index in [2.05, 4.69) is 16.0 Å². The van der Waals surface area contributed by atoms with Crippen molar-refractivity contribution in [3.8, 4) is 0 Å². The van der Waals surface area contributed by atoms with Gasteiger partial charge >= 0.3 is 0 Å². The topological polar surface area (TPSA) is 100 Å². The van der Waals surface area contributed by atoms with Gasteiger partial charge in [-0.15, -0.1) is 0 Å². The Balaban J connectivity index is 1.68.